The molecular formula is C22H26N2O3S. The maximum Gasteiger partial charge on any atom is 0.254 e. The molecule has 1 unspecified atom stereocenters. The second kappa shape index (κ2) is 9.17. The van der Waals surface area contributed by atoms with Gasteiger partial charge in [-0.05, 0) is 22.6 Å². The van der Waals surface area contributed by atoms with Gasteiger partial charge in [0.15, 0.2) is 5.60 Å². The molecule has 1 aliphatic heterocycles. The summed E-state index contributed by atoms with van der Waals surface area (Å²) in [5, 5.41) is 4.91. The van der Waals surface area contributed by atoms with Gasteiger partial charge in [0.25, 0.3) is 5.91 Å². The molecule has 5 nitrogen and oxygen atoms in total. The molecule has 6 heteroatoms. The van der Waals surface area contributed by atoms with Gasteiger partial charge in [0.1, 0.15) is 0 Å². The lowest BCUT2D eigenvalue weighted by Gasteiger charge is -2.41. The molecule has 148 valence electrons. The maximum atomic E-state index is 13.0. The summed E-state index contributed by atoms with van der Waals surface area (Å²) in [5.74, 6) is -0.166. The first-order chi connectivity index (χ1) is 13.6. The SMILES string of the molecule is C=CCNC(=O)C1(Cc2ccc(-c3cccs3)cc2)CN(C(=O)CC)CCO1. The van der Waals surface area contributed by atoms with Crippen molar-refractivity contribution in [3.05, 3.63) is 60.0 Å². The molecule has 1 fully saturated rings. The van der Waals surface area contributed by atoms with E-state index in [0.717, 1.165) is 11.1 Å². The summed E-state index contributed by atoms with van der Waals surface area (Å²) in [5.41, 5.74) is 1.06. The van der Waals surface area contributed by atoms with Gasteiger partial charge in [0.05, 0.1) is 13.2 Å². The fourth-order valence-corrected chi connectivity index (χ4v) is 4.16. The number of carbonyl (C=O) groups is 2. The lowest BCUT2D eigenvalue weighted by atomic mass is 9.90. The normalized spacial score (nSPS) is 19.2. The Labute approximate surface area is 170 Å². The molecule has 1 aromatic heterocycles. The fraction of sp³-hybridized carbons (Fsp3) is 0.364. The van der Waals surface area contributed by atoms with Crippen molar-refractivity contribution < 1.29 is 14.3 Å². The molecule has 2 heterocycles. The molecule has 1 atom stereocenters. The number of hydrogen-bond donors (Lipinski definition) is 1. The number of morpholine rings is 1. The summed E-state index contributed by atoms with van der Waals surface area (Å²) in [7, 11) is 0. The van der Waals surface area contributed by atoms with E-state index < -0.39 is 5.60 Å². The minimum Gasteiger partial charge on any atom is -0.361 e. The lowest BCUT2D eigenvalue weighted by molar-refractivity contribution is -0.165. The second-order valence-corrected chi connectivity index (χ2v) is 7.81. The van der Waals surface area contributed by atoms with Crippen LogP contribution in [0, 0.1) is 0 Å². The molecule has 2 amide bonds. The highest BCUT2D eigenvalue weighted by Gasteiger charge is 2.44. The predicted octanol–water partition coefficient (Wildman–Crippen LogP) is 3.27. The zero-order valence-corrected chi connectivity index (χ0v) is 17.0. The Balaban J connectivity index is 1.83. The zero-order chi connectivity index (χ0) is 20.0. The number of benzene rings is 1. The maximum absolute atomic E-state index is 13.0. The minimum absolute atomic E-state index is 0.0391. The van der Waals surface area contributed by atoms with Crippen LogP contribution in [0.15, 0.2) is 54.4 Å². The minimum atomic E-state index is -1.09. The summed E-state index contributed by atoms with van der Waals surface area (Å²) >= 11 is 1.69. The van der Waals surface area contributed by atoms with E-state index in [-0.39, 0.29) is 18.4 Å². The number of carbonyl (C=O) groups excluding carboxylic acids is 2. The Morgan fingerprint density at radius 2 is 2.11 bits per heavy atom. The van der Waals surface area contributed by atoms with Crippen molar-refractivity contribution in [3.63, 3.8) is 0 Å². The Morgan fingerprint density at radius 1 is 1.32 bits per heavy atom. The van der Waals surface area contributed by atoms with E-state index in [0.29, 0.717) is 32.5 Å². The first-order valence-electron chi connectivity index (χ1n) is 9.52. The third-order valence-electron chi connectivity index (χ3n) is 4.91. The topological polar surface area (TPSA) is 58.6 Å². The van der Waals surface area contributed by atoms with Gasteiger partial charge < -0.3 is 15.0 Å². The average Bonchev–Trinajstić information content (AvgIpc) is 3.27. The second-order valence-electron chi connectivity index (χ2n) is 6.86. The summed E-state index contributed by atoms with van der Waals surface area (Å²) in [6.07, 6.45) is 2.47. The quantitative estimate of drug-likeness (QED) is 0.729. The van der Waals surface area contributed by atoms with Crippen molar-refractivity contribution in [1.82, 2.24) is 10.2 Å². The van der Waals surface area contributed by atoms with Gasteiger partial charge in [-0.1, -0.05) is 43.3 Å². The third-order valence-corrected chi connectivity index (χ3v) is 5.83. The van der Waals surface area contributed by atoms with Gasteiger partial charge in [0, 0.05) is 30.8 Å². The van der Waals surface area contributed by atoms with Crippen LogP contribution in [0.1, 0.15) is 18.9 Å². The zero-order valence-electron chi connectivity index (χ0n) is 16.1. The van der Waals surface area contributed by atoms with E-state index >= 15 is 0 Å². The van der Waals surface area contributed by atoms with Crippen LogP contribution in [0.2, 0.25) is 0 Å². The van der Waals surface area contributed by atoms with Crippen molar-refractivity contribution in [2.45, 2.75) is 25.4 Å². The molecule has 1 N–H and O–H groups in total. The molecule has 1 saturated heterocycles. The number of hydrogen-bond acceptors (Lipinski definition) is 4. The van der Waals surface area contributed by atoms with Crippen LogP contribution in [0.25, 0.3) is 10.4 Å². The van der Waals surface area contributed by atoms with Crippen LogP contribution in [0.4, 0.5) is 0 Å². The van der Waals surface area contributed by atoms with Crippen molar-refractivity contribution in [2.75, 3.05) is 26.2 Å². The van der Waals surface area contributed by atoms with Gasteiger partial charge in [-0.3, -0.25) is 9.59 Å². The highest BCUT2D eigenvalue weighted by Crippen LogP contribution is 2.28. The van der Waals surface area contributed by atoms with Crippen LogP contribution in [-0.2, 0) is 20.7 Å². The summed E-state index contributed by atoms with van der Waals surface area (Å²) in [4.78, 5) is 28.2. The Morgan fingerprint density at radius 3 is 2.75 bits per heavy atom. The van der Waals surface area contributed by atoms with Crippen molar-refractivity contribution in [3.8, 4) is 10.4 Å². The van der Waals surface area contributed by atoms with E-state index in [9.17, 15) is 9.59 Å². The molecule has 3 rings (SSSR count). The third kappa shape index (κ3) is 4.51. The molecular weight excluding hydrogens is 372 g/mol. The molecule has 0 bridgehead atoms. The number of nitrogens with zero attached hydrogens (tertiary/aromatic N) is 1. The number of rotatable bonds is 7. The number of ether oxygens (including phenoxy) is 1. The standard InChI is InChI=1S/C22H26N2O3S/c1-3-11-23-21(26)22(16-24(12-13-27-22)20(25)4-2)15-17-7-9-18(10-8-17)19-6-5-14-28-19/h3,5-10,14H,1,4,11-13,15-16H2,2H3,(H,23,26). The molecule has 0 spiro atoms. The first kappa shape index (κ1) is 20.3. The Hall–Kier alpha value is -2.44. The molecule has 0 radical (unpaired) electrons. The van der Waals surface area contributed by atoms with Crippen LogP contribution >= 0.6 is 11.3 Å². The Kier molecular flexibility index (Phi) is 6.65. The van der Waals surface area contributed by atoms with Crippen LogP contribution < -0.4 is 5.32 Å². The highest BCUT2D eigenvalue weighted by atomic mass is 32.1. The van der Waals surface area contributed by atoms with Crippen LogP contribution in [0.5, 0.6) is 0 Å². The number of amides is 2. The molecule has 28 heavy (non-hydrogen) atoms. The fourth-order valence-electron chi connectivity index (χ4n) is 3.43. The van der Waals surface area contributed by atoms with E-state index in [2.05, 4.69) is 35.5 Å². The van der Waals surface area contributed by atoms with Crippen LogP contribution in [-0.4, -0.2) is 48.6 Å². The number of nitrogens with one attached hydrogen (secondary N) is 1. The monoisotopic (exact) mass is 398 g/mol. The molecule has 1 aliphatic rings. The lowest BCUT2D eigenvalue weighted by Crippen LogP contribution is -2.62. The van der Waals surface area contributed by atoms with Crippen molar-refractivity contribution in [2.24, 2.45) is 0 Å². The van der Waals surface area contributed by atoms with Crippen molar-refractivity contribution >= 4 is 23.2 Å². The summed E-state index contributed by atoms with van der Waals surface area (Å²) in [6.45, 7) is 6.98. The average molecular weight is 399 g/mol. The summed E-state index contributed by atoms with van der Waals surface area (Å²) in [6, 6.07) is 12.3. The van der Waals surface area contributed by atoms with Gasteiger partial charge in [-0.25, -0.2) is 0 Å². The molecule has 1 aromatic carbocycles. The number of thiophene rings is 1. The first-order valence-corrected chi connectivity index (χ1v) is 10.4. The van der Waals surface area contributed by atoms with Crippen LogP contribution in [0.3, 0.4) is 0 Å². The largest absolute Gasteiger partial charge is 0.361 e. The molecule has 0 saturated carbocycles. The smallest absolute Gasteiger partial charge is 0.254 e. The molecule has 2 aromatic rings. The highest BCUT2D eigenvalue weighted by molar-refractivity contribution is 7.13. The van der Waals surface area contributed by atoms with Crippen molar-refractivity contribution in [1.29, 1.82) is 0 Å². The van der Waals surface area contributed by atoms with Gasteiger partial charge in [-0.2, -0.15) is 0 Å². The predicted molar refractivity (Wildman–Crippen MR) is 112 cm³/mol. The molecule has 0 aliphatic carbocycles. The van der Waals surface area contributed by atoms with Gasteiger partial charge in [-0.15, -0.1) is 17.9 Å². The van der Waals surface area contributed by atoms with Gasteiger partial charge in [0.2, 0.25) is 5.91 Å². The van der Waals surface area contributed by atoms with E-state index in [1.54, 1.807) is 22.3 Å². The van der Waals surface area contributed by atoms with E-state index in [1.165, 1.54) is 4.88 Å². The summed E-state index contributed by atoms with van der Waals surface area (Å²) < 4.78 is 6.02. The van der Waals surface area contributed by atoms with E-state index in [4.69, 9.17) is 4.74 Å². The van der Waals surface area contributed by atoms with E-state index in [1.807, 2.05) is 25.1 Å². The Bertz CT molecular complexity index is 817. The van der Waals surface area contributed by atoms with Gasteiger partial charge >= 0.3 is 0 Å².